The minimum Gasteiger partial charge on any atom is -0.350 e. The van der Waals surface area contributed by atoms with Crippen LogP contribution >= 0.6 is 0 Å². The minimum absolute atomic E-state index is 0.186. The van der Waals surface area contributed by atoms with Crippen LogP contribution in [0.25, 0.3) is 0 Å². The first kappa shape index (κ1) is 19.0. The maximum atomic E-state index is 13.8. The highest BCUT2D eigenvalue weighted by Crippen LogP contribution is 2.36. The molecule has 2 aromatic rings. The monoisotopic (exact) mass is 395 g/mol. The van der Waals surface area contributed by atoms with Crippen molar-refractivity contribution in [3.05, 3.63) is 47.7 Å². The standard InChI is InChI=1S/C20H22FN7O/c1-13-9-24-19(10-23-13)28-11-14-4-7-27(12-18(14)28)20(29)16-8-15(21)2-3-17(16)26-25-6-5-22/h2-3,5-6,8-10,14,18,22,26H,4,7,11-12H2,1H3/b22-5?,25-6-. The van der Waals surface area contributed by atoms with Gasteiger partial charge in [0.15, 0.2) is 0 Å². The van der Waals surface area contributed by atoms with E-state index in [1.165, 1.54) is 24.4 Å². The van der Waals surface area contributed by atoms with Crippen LogP contribution in [-0.2, 0) is 0 Å². The first-order valence-corrected chi connectivity index (χ1v) is 9.49. The van der Waals surface area contributed by atoms with Gasteiger partial charge in [0.1, 0.15) is 11.6 Å². The topological polar surface area (TPSA) is 97.6 Å². The molecule has 0 radical (unpaired) electrons. The molecule has 4 rings (SSSR count). The third-order valence-corrected chi connectivity index (χ3v) is 5.45. The van der Waals surface area contributed by atoms with Crippen LogP contribution in [0.5, 0.6) is 0 Å². The number of carbonyl (C=O) groups is 1. The van der Waals surface area contributed by atoms with E-state index in [0.717, 1.165) is 30.7 Å². The molecule has 150 valence electrons. The summed E-state index contributed by atoms with van der Waals surface area (Å²) in [6.07, 6.45) is 6.67. The van der Waals surface area contributed by atoms with Crippen molar-refractivity contribution in [1.29, 1.82) is 5.41 Å². The van der Waals surface area contributed by atoms with E-state index in [1.54, 1.807) is 17.3 Å². The number of aryl methyl sites for hydroxylation is 1. The summed E-state index contributed by atoms with van der Waals surface area (Å²) in [5.41, 5.74) is 4.21. The molecular weight excluding hydrogens is 373 g/mol. The zero-order valence-electron chi connectivity index (χ0n) is 16.0. The van der Waals surface area contributed by atoms with Crippen molar-refractivity contribution < 1.29 is 9.18 Å². The fourth-order valence-electron chi connectivity index (χ4n) is 3.88. The molecule has 2 fully saturated rings. The number of piperidine rings is 1. The number of hydrogen-bond acceptors (Lipinski definition) is 7. The number of nitrogens with one attached hydrogen (secondary N) is 2. The Bertz CT molecular complexity index is 946. The Hall–Kier alpha value is -3.36. The van der Waals surface area contributed by atoms with Gasteiger partial charge in [-0.05, 0) is 31.5 Å². The van der Waals surface area contributed by atoms with E-state index in [-0.39, 0.29) is 17.5 Å². The van der Waals surface area contributed by atoms with Gasteiger partial charge in [-0.1, -0.05) is 0 Å². The third kappa shape index (κ3) is 3.80. The van der Waals surface area contributed by atoms with Gasteiger partial charge in [0.2, 0.25) is 0 Å². The summed E-state index contributed by atoms with van der Waals surface area (Å²) in [5.74, 6) is 0.618. The lowest BCUT2D eigenvalue weighted by molar-refractivity contribution is 0.0591. The van der Waals surface area contributed by atoms with Crippen molar-refractivity contribution in [3.63, 3.8) is 0 Å². The van der Waals surface area contributed by atoms with E-state index in [2.05, 4.69) is 25.4 Å². The molecule has 0 aliphatic carbocycles. The average molecular weight is 395 g/mol. The Balaban J connectivity index is 1.51. The highest BCUT2D eigenvalue weighted by Gasteiger charge is 2.44. The molecule has 8 nitrogen and oxygen atoms in total. The molecule has 2 N–H and O–H groups in total. The summed E-state index contributed by atoms with van der Waals surface area (Å²) in [4.78, 5) is 25.8. The first-order chi connectivity index (χ1) is 14.1. The van der Waals surface area contributed by atoms with Crippen LogP contribution in [0.2, 0.25) is 0 Å². The van der Waals surface area contributed by atoms with E-state index < -0.39 is 5.82 Å². The molecule has 2 aliphatic heterocycles. The van der Waals surface area contributed by atoms with Crippen LogP contribution in [-0.4, -0.2) is 58.9 Å². The Morgan fingerprint density at radius 3 is 2.97 bits per heavy atom. The highest BCUT2D eigenvalue weighted by molar-refractivity contribution is 6.14. The summed E-state index contributed by atoms with van der Waals surface area (Å²) in [5, 5.41) is 10.8. The molecule has 29 heavy (non-hydrogen) atoms. The molecule has 2 aliphatic rings. The molecular formula is C20H22FN7O. The number of nitrogens with zero attached hydrogens (tertiary/aromatic N) is 5. The number of fused-ring (bicyclic) bond motifs is 1. The molecule has 2 unspecified atom stereocenters. The first-order valence-electron chi connectivity index (χ1n) is 9.49. The van der Waals surface area contributed by atoms with Gasteiger partial charge in [0, 0.05) is 31.8 Å². The number of hydrazone groups is 1. The molecule has 9 heteroatoms. The van der Waals surface area contributed by atoms with Crippen molar-refractivity contribution in [2.24, 2.45) is 11.0 Å². The van der Waals surface area contributed by atoms with Crippen LogP contribution in [0.4, 0.5) is 15.9 Å². The summed E-state index contributed by atoms with van der Waals surface area (Å²) in [6.45, 7) is 3.99. The van der Waals surface area contributed by atoms with Gasteiger partial charge >= 0.3 is 0 Å². The number of benzene rings is 1. The van der Waals surface area contributed by atoms with Gasteiger partial charge in [0.25, 0.3) is 5.91 Å². The minimum atomic E-state index is -0.481. The van der Waals surface area contributed by atoms with Gasteiger partial charge in [-0.25, -0.2) is 9.37 Å². The molecule has 3 heterocycles. The van der Waals surface area contributed by atoms with Crippen molar-refractivity contribution >= 4 is 29.8 Å². The van der Waals surface area contributed by atoms with Crippen LogP contribution in [0.1, 0.15) is 22.5 Å². The zero-order chi connectivity index (χ0) is 20.4. The summed E-state index contributed by atoms with van der Waals surface area (Å²) < 4.78 is 13.8. The number of halogens is 1. The highest BCUT2D eigenvalue weighted by atomic mass is 19.1. The number of amides is 1. The fraction of sp³-hybridized carbons (Fsp3) is 0.350. The normalized spacial score (nSPS) is 20.9. The zero-order valence-corrected chi connectivity index (χ0v) is 16.0. The van der Waals surface area contributed by atoms with Gasteiger partial charge < -0.3 is 15.2 Å². The number of carbonyl (C=O) groups excluding carboxylic acids is 1. The molecule has 1 aromatic carbocycles. The molecule has 2 saturated heterocycles. The summed E-state index contributed by atoms with van der Waals surface area (Å²) in [6, 6.07) is 4.16. The maximum Gasteiger partial charge on any atom is 0.256 e. The Labute approximate surface area is 168 Å². The van der Waals surface area contributed by atoms with Gasteiger partial charge in [-0.3, -0.25) is 15.2 Å². The number of rotatable bonds is 5. The largest absolute Gasteiger partial charge is 0.350 e. The SMILES string of the molecule is Cc1cnc(N2CC3CCN(C(=O)c4cc(F)ccc4N/N=C\C=N)CC32)cn1. The van der Waals surface area contributed by atoms with E-state index in [9.17, 15) is 9.18 Å². The van der Waals surface area contributed by atoms with Crippen LogP contribution in [0.3, 0.4) is 0 Å². The predicted octanol–water partition coefficient (Wildman–Crippen LogP) is 2.32. The second-order valence-corrected chi connectivity index (χ2v) is 7.28. The number of hydrogen-bond donors (Lipinski definition) is 2. The number of aromatic nitrogens is 2. The Kier molecular flexibility index (Phi) is 5.20. The summed E-state index contributed by atoms with van der Waals surface area (Å²) >= 11 is 0. The van der Waals surface area contributed by atoms with E-state index in [4.69, 9.17) is 5.41 Å². The van der Waals surface area contributed by atoms with Crippen molar-refractivity contribution in [2.75, 3.05) is 30.0 Å². The van der Waals surface area contributed by atoms with Crippen LogP contribution in [0.15, 0.2) is 35.7 Å². The van der Waals surface area contributed by atoms with E-state index >= 15 is 0 Å². The van der Waals surface area contributed by atoms with Crippen molar-refractivity contribution in [3.8, 4) is 0 Å². The second-order valence-electron chi connectivity index (χ2n) is 7.28. The Morgan fingerprint density at radius 2 is 2.21 bits per heavy atom. The molecule has 0 spiro atoms. The van der Waals surface area contributed by atoms with Crippen LogP contribution < -0.4 is 10.3 Å². The number of likely N-dealkylation sites (tertiary alicyclic amines) is 1. The third-order valence-electron chi connectivity index (χ3n) is 5.45. The van der Waals surface area contributed by atoms with Crippen molar-refractivity contribution in [2.45, 2.75) is 19.4 Å². The predicted molar refractivity (Wildman–Crippen MR) is 109 cm³/mol. The lowest BCUT2D eigenvalue weighted by atomic mass is 9.82. The molecule has 1 amide bonds. The lowest BCUT2D eigenvalue weighted by Gasteiger charge is -2.53. The molecule has 1 aromatic heterocycles. The maximum absolute atomic E-state index is 13.8. The molecule has 0 bridgehead atoms. The second kappa shape index (κ2) is 7.94. The van der Waals surface area contributed by atoms with Gasteiger partial charge in [-0.15, -0.1) is 0 Å². The summed E-state index contributed by atoms with van der Waals surface area (Å²) in [7, 11) is 0. The van der Waals surface area contributed by atoms with Crippen molar-refractivity contribution in [1.82, 2.24) is 14.9 Å². The van der Waals surface area contributed by atoms with E-state index in [0.29, 0.717) is 24.7 Å². The fourth-order valence-corrected chi connectivity index (χ4v) is 3.88. The van der Waals surface area contributed by atoms with E-state index in [1.807, 2.05) is 6.92 Å². The Morgan fingerprint density at radius 1 is 1.34 bits per heavy atom. The van der Waals surface area contributed by atoms with Crippen LogP contribution in [0, 0.1) is 24.1 Å². The van der Waals surface area contributed by atoms with Gasteiger partial charge in [-0.2, -0.15) is 5.10 Å². The molecule has 2 atom stereocenters. The van der Waals surface area contributed by atoms with Gasteiger partial charge in [0.05, 0.1) is 41.6 Å². The lowest BCUT2D eigenvalue weighted by Crippen LogP contribution is -2.65. The smallest absolute Gasteiger partial charge is 0.256 e. The average Bonchev–Trinajstić information content (AvgIpc) is 2.71. The quantitative estimate of drug-likeness (QED) is 0.598. The molecule has 0 saturated carbocycles. The number of anilines is 2.